The lowest BCUT2D eigenvalue weighted by Gasteiger charge is -2.20. The second kappa shape index (κ2) is 5.68. The molecule has 2 aromatic rings. The molecular formula is C18H21NO. The molecule has 0 spiro atoms. The van der Waals surface area contributed by atoms with Gasteiger partial charge in [-0.1, -0.05) is 42.0 Å². The highest BCUT2D eigenvalue weighted by Gasteiger charge is 2.15. The average molecular weight is 267 g/mol. The van der Waals surface area contributed by atoms with E-state index in [-0.39, 0.29) is 0 Å². The van der Waals surface area contributed by atoms with Gasteiger partial charge in [-0.25, -0.2) is 0 Å². The van der Waals surface area contributed by atoms with Crippen molar-refractivity contribution in [1.82, 2.24) is 4.90 Å². The summed E-state index contributed by atoms with van der Waals surface area (Å²) in [5, 5.41) is 0. The Morgan fingerprint density at radius 2 is 1.95 bits per heavy atom. The van der Waals surface area contributed by atoms with Crippen LogP contribution < -0.4 is 4.74 Å². The van der Waals surface area contributed by atoms with Gasteiger partial charge in [0, 0.05) is 25.2 Å². The van der Waals surface area contributed by atoms with Crippen molar-refractivity contribution in [3.8, 4) is 5.75 Å². The Morgan fingerprint density at radius 3 is 2.85 bits per heavy atom. The maximum Gasteiger partial charge on any atom is 0.123 e. The Morgan fingerprint density at radius 1 is 1.10 bits per heavy atom. The molecule has 3 rings (SSSR count). The van der Waals surface area contributed by atoms with E-state index >= 15 is 0 Å². The van der Waals surface area contributed by atoms with Gasteiger partial charge in [-0.15, -0.1) is 0 Å². The van der Waals surface area contributed by atoms with E-state index in [4.69, 9.17) is 4.74 Å². The monoisotopic (exact) mass is 267 g/mol. The molecule has 1 aliphatic heterocycles. The molecule has 0 aromatic heterocycles. The predicted octanol–water partition coefficient (Wildman–Crippen LogP) is 3.70. The zero-order valence-electron chi connectivity index (χ0n) is 12.2. The van der Waals surface area contributed by atoms with Crippen LogP contribution in [0.1, 0.15) is 22.3 Å². The molecule has 0 unspecified atom stereocenters. The van der Waals surface area contributed by atoms with Crippen LogP contribution in [0.2, 0.25) is 0 Å². The van der Waals surface area contributed by atoms with Gasteiger partial charge < -0.3 is 4.74 Å². The molecule has 0 atom stereocenters. The number of fused-ring (bicyclic) bond motifs is 1. The first-order valence-corrected chi connectivity index (χ1v) is 7.21. The number of nitrogens with zero attached hydrogens (tertiary/aromatic N) is 1. The van der Waals surface area contributed by atoms with E-state index < -0.39 is 0 Å². The third-order valence-corrected chi connectivity index (χ3v) is 3.93. The minimum absolute atomic E-state index is 0.766. The number of hydrogen-bond acceptors (Lipinski definition) is 2. The maximum absolute atomic E-state index is 5.83. The molecule has 104 valence electrons. The first-order valence-electron chi connectivity index (χ1n) is 7.21. The van der Waals surface area contributed by atoms with Crippen LogP contribution in [0.3, 0.4) is 0 Å². The summed E-state index contributed by atoms with van der Waals surface area (Å²) < 4.78 is 5.83. The smallest absolute Gasteiger partial charge is 0.123 e. The highest BCUT2D eigenvalue weighted by Crippen LogP contribution is 2.24. The summed E-state index contributed by atoms with van der Waals surface area (Å²) in [5.41, 5.74) is 5.41. The van der Waals surface area contributed by atoms with Crippen molar-refractivity contribution in [2.45, 2.75) is 26.9 Å². The lowest BCUT2D eigenvalue weighted by atomic mass is 10.0. The second-order valence-electron chi connectivity index (χ2n) is 5.60. The lowest BCUT2D eigenvalue weighted by Crippen LogP contribution is -2.25. The van der Waals surface area contributed by atoms with E-state index in [1.54, 1.807) is 0 Å². The molecule has 1 heterocycles. The van der Waals surface area contributed by atoms with Crippen LogP contribution in [0.25, 0.3) is 0 Å². The van der Waals surface area contributed by atoms with E-state index in [0.29, 0.717) is 0 Å². The van der Waals surface area contributed by atoms with Gasteiger partial charge in [0.05, 0.1) is 0 Å². The minimum Gasteiger partial charge on any atom is -0.492 e. The molecule has 1 aliphatic rings. The van der Waals surface area contributed by atoms with Crippen molar-refractivity contribution in [2.24, 2.45) is 0 Å². The molecule has 2 heteroatoms. The van der Waals surface area contributed by atoms with E-state index in [2.05, 4.69) is 55.1 Å². The molecule has 0 fully saturated rings. The van der Waals surface area contributed by atoms with Crippen molar-refractivity contribution in [3.05, 3.63) is 64.7 Å². The highest BCUT2D eigenvalue weighted by atomic mass is 16.5. The van der Waals surface area contributed by atoms with Crippen molar-refractivity contribution in [3.63, 3.8) is 0 Å². The summed E-state index contributed by atoms with van der Waals surface area (Å²) in [5.74, 6) is 1.04. The van der Waals surface area contributed by atoms with Gasteiger partial charge in [0.15, 0.2) is 0 Å². The van der Waals surface area contributed by atoms with E-state index in [0.717, 1.165) is 32.0 Å². The Labute approximate surface area is 121 Å². The fourth-order valence-electron chi connectivity index (χ4n) is 2.73. The van der Waals surface area contributed by atoms with Crippen LogP contribution >= 0.6 is 0 Å². The summed E-state index contributed by atoms with van der Waals surface area (Å²) in [6.45, 7) is 8.04. The Kier molecular flexibility index (Phi) is 3.75. The van der Waals surface area contributed by atoms with Crippen LogP contribution in [0, 0.1) is 13.8 Å². The molecular weight excluding hydrogens is 246 g/mol. The lowest BCUT2D eigenvalue weighted by molar-refractivity contribution is 0.219. The zero-order chi connectivity index (χ0) is 13.9. The predicted molar refractivity (Wildman–Crippen MR) is 82.0 cm³/mol. The van der Waals surface area contributed by atoms with Crippen LogP contribution in [-0.2, 0) is 13.1 Å². The first kappa shape index (κ1) is 13.2. The van der Waals surface area contributed by atoms with Gasteiger partial charge in [-0.3, -0.25) is 4.90 Å². The fourth-order valence-corrected chi connectivity index (χ4v) is 2.73. The van der Waals surface area contributed by atoms with Crippen LogP contribution in [0.4, 0.5) is 0 Å². The largest absolute Gasteiger partial charge is 0.492 e. The van der Waals surface area contributed by atoms with Crippen molar-refractivity contribution in [2.75, 3.05) is 13.2 Å². The zero-order valence-corrected chi connectivity index (χ0v) is 12.2. The number of aryl methyl sites for hydroxylation is 2. The number of ether oxygens (including phenoxy) is 1. The number of para-hydroxylation sites is 1. The number of benzene rings is 2. The van der Waals surface area contributed by atoms with Gasteiger partial charge in [0.25, 0.3) is 0 Å². The number of hydrogen-bond donors (Lipinski definition) is 0. The minimum atomic E-state index is 0.766. The topological polar surface area (TPSA) is 12.5 Å². The molecule has 0 radical (unpaired) electrons. The summed E-state index contributed by atoms with van der Waals surface area (Å²) >= 11 is 0. The molecule has 0 amide bonds. The summed E-state index contributed by atoms with van der Waals surface area (Å²) in [4.78, 5) is 2.47. The standard InChI is InChI=1S/C18H21NO/c1-14-7-8-15(2)17(11-14)13-19-9-10-20-18-6-4-3-5-16(18)12-19/h3-8,11H,9-10,12-13H2,1-2H3. The molecule has 2 nitrogen and oxygen atoms in total. The molecule has 0 saturated carbocycles. The Balaban J connectivity index is 1.80. The van der Waals surface area contributed by atoms with Gasteiger partial charge in [-0.05, 0) is 31.0 Å². The van der Waals surface area contributed by atoms with Crippen molar-refractivity contribution < 1.29 is 4.74 Å². The van der Waals surface area contributed by atoms with Gasteiger partial charge in [0.2, 0.25) is 0 Å². The molecule has 0 N–H and O–H groups in total. The Bertz CT molecular complexity index is 606. The van der Waals surface area contributed by atoms with E-state index in [1.807, 2.05) is 6.07 Å². The summed E-state index contributed by atoms with van der Waals surface area (Å²) in [6.07, 6.45) is 0. The second-order valence-corrected chi connectivity index (χ2v) is 5.60. The molecule has 0 aliphatic carbocycles. The quantitative estimate of drug-likeness (QED) is 0.822. The van der Waals surface area contributed by atoms with Crippen molar-refractivity contribution >= 4 is 0 Å². The third-order valence-electron chi connectivity index (χ3n) is 3.93. The van der Waals surface area contributed by atoms with Crippen LogP contribution in [-0.4, -0.2) is 18.1 Å². The first-order chi connectivity index (χ1) is 9.72. The van der Waals surface area contributed by atoms with E-state index in [9.17, 15) is 0 Å². The average Bonchev–Trinajstić information content (AvgIpc) is 2.64. The van der Waals surface area contributed by atoms with Crippen LogP contribution in [0.15, 0.2) is 42.5 Å². The van der Waals surface area contributed by atoms with Gasteiger partial charge >= 0.3 is 0 Å². The van der Waals surface area contributed by atoms with Gasteiger partial charge in [0.1, 0.15) is 12.4 Å². The fraction of sp³-hybridized carbons (Fsp3) is 0.333. The SMILES string of the molecule is Cc1ccc(C)c(CN2CCOc3ccccc3C2)c1. The summed E-state index contributed by atoms with van der Waals surface area (Å²) in [6, 6.07) is 15.1. The molecule has 0 saturated heterocycles. The maximum atomic E-state index is 5.83. The normalized spacial score (nSPS) is 15.3. The highest BCUT2D eigenvalue weighted by molar-refractivity contribution is 5.34. The van der Waals surface area contributed by atoms with Gasteiger partial charge in [-0.2, -0.15) is 0 Å². The number of rotatable bonds is 2. The molecule has 2 aromatic carbocycles. The molecule has 0 bridgehead atoms. The third kappa shape index (κ3) is 2.86. The van der Waals surface area contributed by atoms with E-state index in [1.165, 1.54) is 22.3 Å². The van der Waals surface area contributed by atoms with Crippen LogP contribution in [0.5, 0.6) is 5.75 Å². The summed E-state index contributed by atoms with van der Waals surface area (Å²) in [7, 11) is 0. The van der Waals surface area contributed by atoms with Crippen molar-refractivity contribution in [1.29, 1.82) is 0 Å². The Hall–Kier alpha value is -1.80. The molecule has 20 heavy (non-hydrogen) atoms.